The molecule has 1 aliphatic rings. The van der Waals surface area contributed by atoms with Crippen LogP contribution in [0.1, 0.15) is 34.8 Å². The van der Waals surface area contributed by atoms with E-state index in [1.54, 1.807) is 24.5 Å². The summed E-state index contributed by atoms with van der Waals surface area (Å²) in [7, 11) is 0. The summed E-state index contributed by atoms with van der Waals surface area (Å²) in [5, 5.41) is 12.2. The molecule has 1 aliphatic heterocycles. The number of likely N-dealkylation sites (tertiary alicyclic amines) is 1. The van der Waals surface area contributed by atoms with Gasteiger partial charge in [-0.2, -0.15) is 5.26 Å². The van der Waals surface area contributed by atoms with Crippen molar-refractivity contribution in [3.63, 3.8) is 0 Å². The molecule has 34 heavy (non-hydrogen) atoms. The number of carbonyl (C=O) groups excluding carboxylic acids is 2. The van der Waals surface area contributed by atoms with Crippen molar-refractivity contribution in [2.75, 3.05) is 13.1 Å². The summed E-state index contributed by atoms with van der Waals surface area (Å²) >= 11 is 0. The second-order valence-corrected chi connectivity index (χ2v) is 8.11. The first kappa shape index (κ1) is 23.0. The number of nitrogens with zero attached hydrogens (tertiary/aromatic N) is 4. The van der Waals surface area contributed by atoms with E-state index in [-0.39, 0.29) is 0 Å². The van der Waals surface area contributed by atoms with Crippen molar-refractivity contribution in [3.8, 4) is 6.07 Å². The third kappa shape index (κ3) is 4.91. The van der Waals surface area contributed by atoms with Crippen LogP contribution in [0.5, 0.6) is 0 Å². The van der Waals surface area contributed by atoms with E-state index in [9.17, 15) is 18.4 Å². The summed E-state index contributed by atoms with van der Waals surface area (Å²) in [5.74, 6) is -4.38. The van der Waals surface area contributed by atoms with E-state index in [1.165, 1.54) is 12.3 Å². The van der Waals surface area contributed by atoms with Gasteiger partial charge < -0.3 is 10.2 Å². The third-order valence-corrected chi connectivity index (χ3v) is 5.67. The van der Waals surface area contributed by atoms with Crippen molar-refractivity contribution in [1.82, 2.24) is 20.2 Å². The number of fused-ring (bicyclic) bond motifs is 1. The second-order valence-electron chi connectivity index (χ2n) is 8.11. The van der Waals surface area contributed by atoms with Crippen molar-refractivity contribution >= 4 is 34.4 Å². The normalized spacial score (nSPS) is 17.4. The maximum absolute atomic E-state index is 13.6. The average Bonchev–Trinajstić information content (AvgIpc) is 3.17. The molecule has 1 N–H and O–H groups in total. The fourth-order valence-electron chi connectivity index (χ4n) is 3.95. The molecular formula is C25H21F2N5O2. The second kappa shape index (κ2) is 9.35. The molecule has 9 heteroatoms. The maximum atomic E-state index is 13.6. The molecule has 3 aromatic rings. The Kier molecular flexibility index (Phi) is 6.32. The Morgan fingerprint density at radius 3 is 2.74 bits per heavy atom. The molecule has 1 fully saturated rings. The number of allylic oxidation sites excluding steroid dienone is 1. The van der Waals surface area contributed by atoms with E-state index >= 15 is 0 Å². The molecule has 0 aliphatic carbocycles. The van der Waals surface area contributed by atoms with Crippen LogP contribution in [0.15, 0.2) is 55.0 Å². The number of alkyl halides is 2. The lowest BCUT2D eigenvalue weighted by molar-refractivity contribution is -0.131. The van der Waals surface area contributed by atoms with Crippen LogP contribution in [0.25, 0.3) is 22.6 Å². The first-order valence-corrected chi connectivity index (χ1v) is 10.6. The van der Waals surface area contributed by atoms with E-state index < -0.39 is 43.3 Å². The Hall–Kier alpha value is -4.19. The smallest absolute Gasteiger partial charge is 0.268 e. The lowest BCUT2D eigenvalue weighted by atomic mass is 10.0. The fourth-order valence-corrected chi connectivity index (χ4v) is 3.95. The highest BCUT2D eigenvalue weighted by Crippen LogP contribution is 2.31. The lowest BCUT2D eigenvalue weighted by Gasteiger charge is -2.19. The monoisotopic (exact) mass is 461 g/mol. The van der Waals surface area contributed by atoms with Crippen LogP contribution in [-0.2, 0) is 4.79 Å². The molecule has 0 bridgehead atoms. The SMILES string of the molecule is C/C(=C\c1ccc2nccc(C(=O)NCC(=O)N3CC(F)(F)C[C@H]3C#N)c2c1)c1ccncc1. The molecule has 7 nitrogen and oxygen atoms in total. The molecule has 0 radical (unpaired) electrons. The van der Waals surface area contributed by atoms with Gasteiger partial charge in [0.15, 0.2) is 0 Å². The summed E-state index contributed by atoms with van der Waals surface area (Å²) in [5.41, 5.74) is 3.79. The molecule has 4 rings (SSSR count). The number of hydrogen-bond donors (Lipinski definition) is 1. The molecule has 172 valence electrons. The molecular weight excluding hydrogens is 440 g/mol. The van der Waals surface area contributed by atoms with Gasteiger partial charge in [-0.1, -0.05) is 12.1 Å². The van der Waals surface area contributed by atoms with E-state index in [0.29, 0.717) is 16.5 Å². The van der Waals surface area contributed by atoms with Gasteiger partial charge in [-0.25, -0.2) is 8.78 Å². The minimum Gasteiger partial charge on any atom is -0.343 e. The number of amides is 2. The van der Waals surface area contributed by atoms with Gasteiger partial charge in [0, 0.05) is 30.4 Å². The number of halogens is 2. The van der Waals surface area contributed by atoms with Crippen LogP contribution in [0, 0.1) is 11.3 Å². The number of benzene rings is 1. The molecule has 1 atom stereocenters. The number of carbonyl (C=O) groups is 2. The highest BCUT2D eigenvalue weighted by atomic mass is 19.3. The first-order valence-electron chi connectivity index (χ1n) is 10.6. The number of nitriles is 1. The quantitative estimate of drug-likeness (QED) is 0.625. The van der Waals surface area contributed by atoms with Gasteiger partial charge in [0.05, 0.1) is 30.2 Å². The molecule has 2 amide bonds. The number of hydrogen-bond acceptors (Lipinski definition) is 5. The number of rotatable bonds is 5. The van der Waals surface area contributed by atoms with Crippen LogP contribution in [0.3, 0.4) is 0 Å². The molecule has 1 aromatic carbocycles. The zero-order valence-corrected chi connectivity index (χ0v) is 18.3. The van der Waals surface area contributed by atoms with Crippen molar-refractivity contribution in [3.05, 3.63) is 71.7 Å². The lowest BCUT2D eigenvalue weighted by Crippen LogP contribution is -2.43. The van der Waals surface area contributed by atoms with Crippen LogP contribution in [0.2, 0.25) is 0 Å². The van der Waals surface area contributed by atoms with Crippen LogP contribution in [-0.4, -0.2) is 51.7 Å². The summed E-state index contributed by atoms with van der Waals surface area (Å²) in [6.45, 7) is 0.653. The van der Waals surface area contributed by atoms with Gasteiger partial charge in [0.2, 0.25) is 5.91 Å². The molecule has 0 spiro atoms. The van der Waals surface area contributed by atoms with E-state index in [0.717, 1.165) is 21.6 Å². The standard InChI is InChI=1S/C25H21F2N5O2/c1-16(18-4-7-29-8-5-18)10-17-2-3-22-21(11-17)20(6-9-30-22)24(34)31-14-23(33)32-15-25(26,27)12-19(32)13-28/h2-11,19H,12,14-15H2,1H3,(H,31,34)/b16-10+/t19-/m0/s1. The summed E-state index contributed by atoms with van der Waals surface area (Å²) in [6.07, 6.45) is 6.19. The zero-order valence-electron chi connectivity index (χ0n) is 18.3. The summed E-state index contributed by atoms with van der Waals surface area (Å²) in [6, 6.07) is 11.4. The van der Waals surface area contributed by atoms with Gasteiger partial charge in [-0.05, 0) is 54.0 Å². The fraction of sp³-hybridized carbons (Fsp3) is 0.240. The van der Waals surface area contributed by atoms with Gasteiger partial charge in [0.25, 0.3) is 11.8 Å². The van der Waals surface area contributed by atoms with Crippen molar-refractivity contribution in [2.45, 2.75) is 25.3 Å². The maximum Gasteiger partial charge on any atom is 0.268 e. The number of aromatic nitrogens is 2. The van der Waals surface area contributed by atoms with Crippen LogP contribution < -0.4 is 5.32 Å². The molecule has 0 unspecified atom stereocenters. The van der Waals surface area contributed by atoms with E-state index in [2.05, 4.69) is 15.3 Å². The Labute approximate surface area is 194 Å². The number of nitrogens with one attached hydrogen (secondary N) is 1. The van der Waals surface area contributed by atoms with Gasteiger partial charge >= 0.3 is 0 Å². The molecule has 2 aromatic heterocycles. The molecule has 0 saturated carbocycles. The largest absolute Gasteiger partial charge is 0.343 e. The zero-order chi connectivity index (χ0) is 24.3. The summed E-state index contributed by atoms with van der Waals surface area (Å²) < 4.78 is 27.2. The first-order chi connectivity index (χ1) is 16.3. The Bertz CT molecular complexity index is 1320. The van der Waals surface area contributed by atoms with Crippen LogP contribution >= 0.6 is 0 Å². The Balaban J connectivity index is 1.53. The Morgan fingerprint density at radius 1 is 1.24 bits per heavy atom. The molecule has 3 heterocycles. The van der Waals surface area contributed by atoms with Crippen LogP contribution in [0.4, 0.5) is 8.78 Å². The predicted molar refractivity (Wildman–Crippen MR) is 123 cm³/mol. The van der Waals surface area contributed by atoms with E-state index in [4.69, 9.17) is 5.26 Å². The summed E-state index contributed by atoms with van der Waals surface area (Å²) in [4.78, 5) is 34.4. The van der Waals surface area contributed by atoms with Crippen molar-refractivity contribution in [2.24, 2.45) is 0 Å². The van der Waals surface area contributed by atoms with Gasteiger partial charge in [0.1, 0.15) is 6.04 Å². The molecule has 1 saturated heterocycles. The highest BCUT2D eigenvalue weighted by Gasteiger charge is 2.47. The van der Waals surface area contributed by atoms with Gasteiger partial charge in [-0.3, -0.25) is 19.6 Å². The minimum absolute atomic E-state index is 0.304. The van der Waals surface area contributed by atoms with Crippen molar-refractivity contribution < 1.29 is 18.4 Å². The third-order valence-electron chi connectivity index (χ3n) is 5.67. The van der Waals surface area contributed by atoms with Crippen molar-refractivity contribution in [1.29, 1.82) is 5.26 Å². The number of pyridine rings is 2. The highest BCUT2D eigenvalue weighted by molar-refractivity contribution is 6.07. The predicted octanol–water partition coefficient (Wildman–Crippen LogP) is 3.68. The minimum atomic E-state index is -3.11. The topological polar surface area (TPSA) is 99.0 Å². The van der Waals surface area contributed by atoms with E-state index in [1.807, 2.05) is 37.3 Å². The Morgan fingerprint density at radius 2 is 2.00 bits per heavy atom. The van der Waals surface area contributed by atoms with Gasteiger partial charge in [-0.15, -0.1) is 0 Å². The average molecular weight is 461 g/mol.